The van der Waals surface area contributed by atoms with E-state index in [9.17, 15) is 14.7 Å². The number of nitrogens with zero attached hydrogens (tertiary/aromatic N) is 1. The van der Waals surface area contributed by atoms with E-state index in [4.69, 9.17) is 0 Å². The van der Waals surface area contributed by atoms with Crippen molar-refractivity contribution in [3.8, 4) is 0 Å². The van der Waals surface area contributed by atoms with Gasteiger partial charge in [-0.1, -0.05) is 13.8 Å². The molecule has 1 fully saturated rings. The summed E-state index contributed by atoms with van der Waals surface area (Å²) in [6, 6.07) is -1.33. The van der Waals surface area contributed by atoms with Crippen molar-refractivity contribution in [3.05, 3.63) is 18.2 Å². The molecule has 0 saturated carbocycles. The quantitative estimate of drug-likeness (QED) is 0.625. The minimum atomic E-state index is -1.05. The van der Waals surface area contributed by atoms with Crippen LogP contribution in [0.1, 0.15) is 32.4 Å². The lowest BCUT2D eigenvalue weighted by Crippen LogP contribution is -2.58. The largest absolute Gasteiger partial charge is 0.480 e. The Labute approximate surface area is 123 Å². The van der Waals surface area contributed by atoms with Crippen LogP contribution in [0.25, 0.3) is 0 Å². The number of hydrogen-bond donors (Lipinski definition) is 4. The van der Waals surface area contributed by atoms with Crippen LogP contribution in [0, 0.1) is 5.41 Å². The first-order valence-electron chi connectivity index (χ1n) is 7.14. The molecule has 2 heterocycles. The third-order valence-corrected chi connectivity index (χ3v) is 3.98. The molecule has 0 aromatic carbocycles. The van der Waals surface area contributed by atoms with Crippen LogP contribution in [-0.2, 0) is 16.0 Å². The summed E-state index contributed by atoms with van der Waals surface area (Å²) < 4.78 is 0. The van der Waals surface area contributed by atoms with Crippen LogP contribution >= 0.6 is 0 Å². The van der Waals surface area contributed by atoms with Gasteiger partial charge in [-0.25, -0.2) is 9.78 Å². The standard InChI is InChI=1S/C14H22N4O3/c1-14(2)4-3-5-16-11(14)12(19)18-10(13(20)21)6-9-7-15-8-17-9/h7-8,10-11,16H,3-6H2,1-2H3,(H,15,17)(H,18,19)(H,20,21)/t10-,11?/m1/s1. The molecular weight excluding hydrogens is 272 g/mol. The topological polar surface area (TPSA) is 107 Å². The van der Waals surface area contributed by atoms with E-state index >= 15 is 0 Å². The lowest BCUT2D eigenvalue weighted by molar-refractivity contribution is -0.142. The van der Waals surface area contributed by atoms with Crippen molar-refractivity contribution in [2.24, 2.45) is 5.41 Å². The van der Waals surface area contributed by atoms with E-state index < -0.39 is 12.0 Å². The molecule has 2 rings (SSSR count). The summed E-state index contributed by atoms with van der Waals surface area (Å²) in [5, 5.41) is 15.1. The van der Waals surface area contributed by atoms with Crippen LogP contribution < -0.4 is 10.6 Å². The molecule has 0 bridgehead atoms. The Morgan fingerprint density at radius 1 is 1.57 bits per heavy atom. The van der Waals surface area contributed by atoms with Gasteiger partial charge in [-0.15, -0.1) is 0 Å². The Bertz CT molecular complexity index is 498. The zero-order valence-corrected chi connectivity index (χ0v) is 12.3. The monoisotopic (exact) mass is 294 g/mol. The predicted molar refractivity (Wildman–Crippen MR) is 76.7 cm³/mol. The number of rotatable bonds is 5. The minimum absolute atomic E-state index is 0.181. The zero-order valence-electron chi connectivity index (χ0n) is 12.3. The fraction of sp³-hybridized carbons (Fsp3) is 0.643. The number of carboxylic acid groups (broad SMARTS) is 1. The number of amides is 1. The summed E-state index contributed by atoms with van der Waals surface area (Å²) in [5.74, 6) is -1.31. The Morgan fingerprint density at radius 2 is 2.33 bits per heavy atom. The first-order valence-corrected chi connectivity index (χ1v) is 7.14. The molecule has 21 heavy (non-hydrogen) atoms. The van der Waals surface area contributed by atoms with Crippen molar-refractivity contribution in [3.63, 3.8) is 0 Å². The number of hydrogen-bond acceptors (Lipinski definition) is 4. The molecule has 7 heteroatoms. The maximum Gasteiger partial charge on any atom is 0.326 e. The highest BCUT2D eigenvalue weighted by Gasteiger charge is 2.38. The number of aromatic nitrogens is 2. The van der Waals surface area contributed by atoms with Crippen LogP contribution in [0.2, 0.25) is 0 Å². The van der Waals surface area contributed by atoms with Gasteiger partial charge in [0.2, 0.25) is 5.91 Å². The molecule has 1 unspecified atom stereocenters. The van der Waals surface area contributed by atoms with Crippen LogP contribution in [0.15, 0.2) is 12.5 Å². The lowest BCUT2D eigenvalue weighted by atomic mass is 9.77. The van der Waals surface area contributed by atoms with E-state index in [-0.39, 0.29) is 23.8 Å². The van der Waals surface area contributed by atoms with Crippen LogP contribution in [0.3, 0.4) is 0 Å². The molecule has 4 N–H and O–H groups in total. The van der Waals surface area contributed by atoms with E-state index in [2.05, 4.69) is 20.6 Å². The smallest absolute Gasteiger partial charge is 0.326 e. The summed E-state index contributed by atoms with van der Waals surface area (Å²) in [7, 11) is 0. The third-order valence-electron chi connectivity index (χ3n) is 3.98. The number of imidazole rings is 1. The summed E-state index contributed by atoms with van der Waals surface area (Å²) >= 11 is 0. The molecular formula is C14H22N4O3. The molecule has 1 aromatic heterocycles. The van der Waals surface area contributed by atoms with Gasteiger partial charge in [0, 0.05) is 18.3 Å². The fourth-order valence-electron chi connectivity index (χ4n) is 2.73. The third kappa shape index (κ3) is 3.81. The van der Waals surface area contributed by atoms with E-state index in [0.717, 1.165) is 19.4 Å². The molecule has 1 aliphatic heterocycles. The Hall–Kier alpha value is -1.89. The molecule has 0 spiro atoms. The zero-order chi connectivity index (χ0) is 15.5. The van der Waals surface area contributed by atoms with Gasteiger partial charge in [0.25, 0.3) is 0 Å². The second kappa shape index (κ2) is 6.26. The van der Waals surface area contributed by atoms with Crippen molar-refractivity contribution < 1.29 is 14.7 Å². The Kier molecular flexibility index (Phi) is 4.62. The highest BCUT2D eigenvalue weighted by atomic mass is 16.4. The average molecular weight is 294 g/mol. The number of aromatic amines is 1. The van der Waals surface area contributed by atoms with Gasteiger partial charge in [0.15, 0.2) is 0 Å². The summed E-state index contributed by atoms with van der Waals surface area (Å²) in [5.41, 5.74) is 0.498. The van der Waals surface area contributed by atoms with Crippen molar-refractivity contribution in [1.29, 1.82) is 0 Å². The minimum Gasteiger partial charge on any atom is -0.480 e. The first-order chi connectivity index (χ1) is 9.90. The normalized spacial score (nSPS) is 22.5. The van der Waals surface area contributed by atoms with E-state index in [1.807, 2.05) is 13.8 Å². The van der Waals surface area contributed by atoms with Gasteiger partial charge >= 0.3 is 5.97 Å². The van der Waals surface area contributed by atoms with Gasteiger partial charge in [0.1, 0.15) is 6.04 Å². The number of aliphatic carboxylic acids is 1. The number of nitrogens with one attached hydrogen (secondary N) is 3. The second-order valence-electron chi connectivity index (χ2n) is 6.16. The molecule has 0 radical (unpaired) electrons. The van der Waals surface area contributed by atoms with Gasteiger partial charge in [0.05, 0.1) is 12.4 Å². The van der Waals surface area contributed by atoms with Gasteiger partial charge in [-0.05, 0) is 24.8 Å². The van der Waals surface area contributed by atoms with Crippen LogP contribution in [-0.4, -0.2) is 45.6 Å². The molecule has 1 aliphatic rings. The molecule has 1 aromatic rings. The van der Waals surface area contributed by atoms with Crippen molar-refractivity contribution in [1.82, 2.24) is 20.6 Å². The van der Waals surface area contributed by atoms with Crippen molar-refractivity contribution in [2.45, 2.75) is 45.2 Å². The molecule has 1 amide bonds. The first kappa shape index (κ1) is 15.5. The highest BCUT2D eigenvalue weighted by Crippen LogP contribution is 2.30. The molecule has 0 aliphatic carbocycles. The van der Waals surface area contributed by atoms with Crippen LogP contribution in [0.5, 0.6) is 0 Å². The van der Waals surface area contributed by atoms with E-state index in [1.54, 1.807) is 6.20 Å². The van der Waals surface area contributed by atoms with Gasteiger partial charge in [-0.2, -0.15) is 0 Å². The molecule has 7 nitrogen and oxygen atoms in total. The maximum absolute atomic E-state index is 12.4. The number of carbonyl (C=O) groups excluding carboxylic acids is 1. The number of carboxylic acids is 1. The van der Waals surface area contributed by atoms with Crippen molar-refractivity contribution in [2.75, 3.05) is 6.54 Å². The highest BCUT2D eigenvalue weighted by molar-refractivity contribution is 5.87. The van der Waals surface area contributed by atoms with Crippen molar-refractivity contribution >= 4 is 11.9 Å². The van der Waals surface area contributed by atoms with Crippen LogP contribution in [0.4, 0.5) is 0 Å². The second-order valence-corrected chi connectivity index (χ2v) is 6.16. The Balaban J connectivity index is 2.02. The Morgan fingerprint density at radius 3 is 2.90 bits per heavy atom. The SMILES string of the molecule is CC1(C)CCCNC1C(=O)N[C@H](Cc1cnc[nH]1)C(=O)O. The molecule has 2 atom stereocenters. The summed E-state index contributed by atoms with van der Waals surface area (Å²) in [6.45, 7) is 4.82. The molecule has 1 saturated heterocycles. The van der Waals surface area contributed by atoms with Gasteiger partial charge < -0.3 is 20.7 Å². The van der Waals surface area contributed by atoms with E-state index in [0.29, 0.717) is 5.69 Å². The summed E-state index contributed by atoms with van der Waals surface area (Å²) in [6.07, 6.45) is 5.20. The number of piperidine rings is 1. The number of H-pyrrole nitrogens is 1. The number of carbonyl (C=O) groups is 2. The molecule has 116 valence electrons. The predicted octanol–water partition coefficient (Wildman–Crippen LogP) is 0.300. The van der Waals surface area contributed by atoms with E-state index in [1.165, 1.54) is 6.33 Å². The summed E-state index contributed by atoms with van der Waals surface area (Å²) in [4.78, 5) is 30.4. The fourth-order valence-corrected chi connectivity index (χ4v) is 2.73. The van der Waals surface area contributed by atoms with Gasteiger partial charge in [-0.3, -0.25) is 4.79 Å². The average Bonchev–Trinajstić information content (AvgIpc) is 2.90. The maximum atomic E-state index is 12.4. The lowest BCUT2D eigenvalue weighted by Gasteiger charge is -2.38.